The molecular formula is C17H19N3O2. The summed E-state index contributed by atoms with van der Waals surface area (Å²) in [7, 11) is 1.63. The average Bonchev–Trinajstić information content (AvgIpc) is 2.91. The Kier molecular flexibility index (Phi) is 4.25. The summed E-state index contributed by atoms with van der Waals surface area (Å²) in [5.41, 5.74) is 7.75. The Morgan fingerprint density at radius 2 is 1.77 bits per heavy atom. The van der Waals surface area contributed by atoms with Crippen LogP contribution in [0.1, 0.15) is 5.82 Å². The molecule has 2 N–H and O–H groups in total. The SMILES string of the molecule is COc1ccccc1OCc1nc2ccccc2n1CCN. The van der Waals surface area contributed by atoms with Gasteiger partial charge in [-0.25, -0.2) is 4.98 Å². The highest BCUT2D eigenvalue weighted by Crippen LogP contribution is 2.27. The summed E-state index contributed by atoms with van der Waals surface area (Å²) < 4.78 is 13.3. The first-order valence-corrected chi connectivity index (χ1v) is 7.23. The van der Waals surface area contributed by atoms with E-state index >= 15 is 0 Å². The molecule has 0 aliphatic rings. The van der Waals surface area contributed by atoms with E-state index in [1.807, 2.05) is 48.5 Å². The van der Waals surface area contributed by atoms with Gasteiger partial charge < -0.3 is 19.8 Å². The highest BCUT2D eigenvalue weighted by Gasteiger charge is 2.11. The van der Waals surface area contributed by atoms with Gasteiger partial charge in [0.15, 0.2) is 11.5 Å². The molecule has 0 aliphatic carbocycles. The molecule has 3 rings (SSSR count). The molecule has 2 aromatic carbocycles. The van der Waals surface area contributed by atoms with Crippen LogP contribution in [0.3, 0.4) is 0 Å². The molecule has 5 nitrogen and oxygen atoms in total. The monoisotopic (exact) mass is 297 g/mol. The first-order valence-electron chi connectivity index (χ1n) is 7.23. The molecule has 1 heterocycles. The van der Waals surface area contributed by atoms with Crippen molar-refractivity contribution in [3.63, 3.8) is 0 Å². The molecule has 114 valence electrons. The summed E-state index contributed by atoms with van der Waals surface area (Å²) in [6, 6.07) is 15.6. The van der Waals surface area contributed by atoms with Gasteiger partial charge in [-0.3, -0.25) is 0 Å². The van der Waals surface area contributed by atoms with Gasteiger partial charge in [-0.15, -0.1) is 0 Å². The lowest BCUT2D eigenvalue weighted by Gasteiger charge is -2.11. The molecule has 0 radical (unpaired) electrons. The lowest BCUT2D eigenvalue weighted by Crippen LogP contribution is -2.14. The molecule has 0 spiro atoms. The van der Waals surface area contributed by atoms with Crippen molar-refractivity contribution in [1.29, 1.82) is 0 Å². The summed E-state index contributed by atoms with van der Waals surface area (Å²) in [4.78, 5) is 4.64. The van der Waals surface area contributed by atoms with Gasteiger partial charge in [0, 0.05) is 13.1 Å². The summed E-state index contributed by atoms with van der Waals surface area (Å²) in [6.07, 6.45) is 0. The van der Waals surface area contributed by atoms with Crippen LogP contribution in [0.5, 0.6) is 11.5 Å². The first kappa shape index (κ1) is 14.4. The van der Waals surface area contributed by atoms with Crippen molar-refractivity contribution >= 4 is 11.0 Å². The Labute approximate surface area is 129 Å². The second-order valence-electron chi connectivity index (χ2n) is 4.90. The van der Waals surface area contributed by atoms with Crippen LogP contribution in [0.4, 0.5) is 0 Å². The zero-order valence-electron chi connectivity index (χ0n) is 12.5. The van der Waals surface area contributed by atoms with Crippen molar-refractivity contribution in [3.8, 4) is 11.5 Å². The van der Waals surface area contributed by atoms with Crippen LogP contribution in [-0.2, 0) is 13.2 Å². The second-order valence-corrected chi connectivity index (χ2v) is 4.90. The van der Waals surface area contributed by atoms with Crippen molar-refractivity contribution in [3.05, 3.63) is 54.4 Å². The van der Waals surface area contributed by atoms with Gasteiger partial charge in [-0.2, -0.15) is 0 Å². The van der Waals surface area contributed by atoms with Crippen LogP contribution in [0.15, 0.2) is 48.5 Å². The standard InChI is InChI=1S/C17H19N3O2/c1-21-15-8-4-5-9-16(15)22-12-17-19-13-6-2-3-7-14(13)20(17)11-10-18/h2-9H,10-12,18H2,1H3. The minimum atomic E-state index is 0.370. The lowest BCUT2D eigenvalue weighted by molar-refractivity contribution is 0.272. The number of ether oxygens (including phenoxy) is 2. The fourth-order valence-electron chi connectivity index (χ4n) is 2.49. The lowest BCUT2D eigenvalue weighted by atomic mass is 10.3. The van der Waals surface area contributed by atoms with Crippen molar-refractivity contribution in [2.75, 3.05) is 13.7 Å². The molecule has 1 aromatic heterocycles. The van der Waals surface area contributed by atoms with Gasteiger partial charge in [0.2, 0.25) is 0 Å². The van der Waals surface area contributed by atoms with E-state index < -0.39 is 0 Å². The minimum Gasteiger partial charge on any atom is -0.493 e. The molecule has 0 fully saturated rings. The van der Waals surface area contributed by atoms with E-state index in [0.29, 0.717) is 31.2 Å². The fraction of sp³-hybridized carbons (Fsp3) is 0.235. The molecule has 0 unspecified atom stereocenters. The third-order valence-corrected chi connectivity index (χ3v) is 3.51. The molecule has 0 bridgehead atoms. The van der Waals surface area contributed by atoms with Crippen LogP contribution in [-0.4, -0.2) is 23.2 Å². The summed E-state index contributed by atoms with van der Waals surface area (Å²) in [5.74, 6) is 2.28. The summed E-state index contributed by atoms with van der Waals surface area (Å²) in [6.45, 7) is 1.64. The van der Waals surface area contributed by atoms with Crippen molar-refractivity contribution in [1.82, 2.24) is 9.55 Å². The molecule has 0 amide bonds. The highest BCUT2D eigenvalue weighted by molar-refractivity contribution is 5.75. The minimum absolute atomic E-state index is 0.370. The van der Waals surface area contributed by atoms with E-state index in [4.69, 9.17) is 15.2 Å². The van der Waals surface area contributed by atoms with E-state index in [2.05, 4.69) is 9.55 Å². The molecular weight excluding hydrogens is 278 g/mol. The molecule has 0 saturated carbocycles. The number of benzene rings is 2. The molecule has 0 saturated heterocycles. The second kappa shape index (κ2) is 6.49. The number of hydrogen-bond donors (Lipinski definition) is 1. The van der Waals surface area contributed by atoms with E-state index in [0.717, 1.165) is 16.9 Å². The maximum atomic E-state index is 5.88. The topological polar surface area (TPSA) is 62.3 Å². The first-order chi connectivity index (χ1) is 10.8. The van der Waals surface area contributed by atoms with Crippen LogP contribution in [0.25, 0.3) is 11.0 Å². The Morgan fingerprint density at radius 3 is 2.55 bits per heavy atom. The predicted molar refractivity (Wildman–Crippen MR) is 86.1 cm³/mol. The number of nitrogens with two attached hydrogens (primary N) is 1. The average molecular weight is 297 g/mol. The molecule has 0 atom stereocenters. The number of imidazole rings is 1. The van der Waals surface area contributed by atoms with Gasteiger partial charge in [0.1, 0.15) is 12.4 Å². The van der Waals surface area contributed by atoms with E-state index in [1.54, 1.807) is 7.11 Å². The molecule has 0 aliphatic heterocycles. The number of methoxy groups -OCH3 is 1. The maximum absolute atomic E-state index is 5.88. The molecule has 3 aromatic rings. The number of fused-ring (bicyclic) bond motifs is 1. The van der Waals surface area contributed by atoms with Crippen LogP contribution in [0, 0.1) is 0 Å². The van der Waals surface area contributed by atoms with Gasteiger partial charge in [-0.05, 0) is 24.3 Å². The van der Waals surface area contributed by atoms with Crippen molar-refractivity contribution in [2.24, 2.45) is 5.73 Å². The highest BCUT2D eigenvalue weighted by atomic mass is 16.5. The Morgan fingerprint density at radius 1 is 1.05 bits per heavy atom. The zero-order chi connectivity index (χ0) is 15.4. The van der Waals surface area contributed by atoms with Gasteiger partial charge in [-0.1, -0.05) is 24.3 Å². The van der Waals surface area contributed by atoms with Gasteiger partial charge in [0.05, 0.1) is 18.1 Å². The Balaban J connectivity index is 1.88. The smallest absolute Gasteiger partial charge is 0.161 e. The van der Waals surface area contributed by atoms with E-state index in [9.17, 15) is 0 Å². The normalized spacial score (nSPS) is 10.8. The third-order valence-electron chi connectivity index (χ3n) is 3.51. The number of rotatable bonds is 6. The van der Waals surface area contributed by atoms with Crippen LogP contribution >= 0.6 is 0 Å². The van der Waals surface area contributed by atoms with Crippen LogP contribution in [0.2, 0.25) is 0 Å². The van der Waals surface area contributed by atoms with E-state index in [-0.39, 0.29) is 0 Å². The number of hydrogen-bond acceptors (Lipinski definition) is 4. The van der Waals surface area contributed by atoms with Crippen molar-refractivity contribution in [2.45, 2.75) is 13.2 Å². The summed E-state index contributed by atoms with van der Waals surface area (Å²) in [5, 5.41) is 0. The molecule has 5 heteroatoms. The van der Waals surface area contributed by atoms with E-state index in [1.165, 1.54) is 0 Å². The fourth-order valence-corrected chi connectivity index (χ4v) is 2.49. The summed E-state index contributed by atoms with van der Waals surface area (Å²) >= 11 is 0. The number of aromatic nitrogens is 2. The number of nitrogens with zero attached hydrogens (tertiary/aromatic N) is 2. The largest absolute Gasteiger partial charge is 0.493 e. The van der Waals surface area contributed by atoms with Crippen molar-refractivity contribution < 1.29 is 9.47 Å². The van der Waals surface area contributed by atoms with Crippen LogP contribution < -0.4 is 15.2 Å². The third kappa shape index (κ3) is 2.76. The Hall–Kier alpha value is -2.53. The Bertz CT molecular complexity index is 767. The zero-order valence-corrected chi connectivity index (χ0v) is 12.5. The van der Waals surface area contributed by atoms with Gasteiger partial charge in [0.25, 0.3) is 0 Å². The quantitative estimate of drug-likeness (QED) is 0.759. The maximum Gasteiger partial charge on any atom is 0.161 e. The molecule has 22 heavy (non-hydrogen) atoms. The number of para-hydroxylation sites is 4. The van der Waals surface area contributed by atoms with Gasteiger partial charge >= 0.3 is 0 Å². The predicted octanol–water partition coefficient (Wildman–Crippen LogP) is 2.58.